The van der Waals surface area contributed by atoms with E-state index in [0.717, 1.165) is 18.0 Å². The third kappa shape index (κ3) is 1.69. The highest BCUT2D eigenvalue weighted by Crippen LogP contribution is 2.39. The highest BCUT2D eigenvalue weighted by molar-refractivity contribution is 5.94. The Hall–Kier alpha value is -2.14. The van der Waals surface area contributed by atoms with E-state index < -0.39 is 0 Å². The fraction of sp³-hybridized carbons (Fsp3) is 0.412. The Morgan fingerprint density at radius 1 is 1.23 bits per heavy atom. The van der Waals surface area contributed by atoms with Crippen LogP contribution in [0.15, 0.2) is 35.0 Å². The molecular weight excluding hydrogens is 276 g/mol. The summed E-state index contributed by atoms with van der Waals surface area (Å²) in [6.45, 7) is 3.49. The molecule has 2 bridgehead atoms. The molecule has 0 aliphatic carbocycles. The van der Waals surface area contributed by atoms with Crippen LogP contribution in [-0.2, 0) is 7.05 Å². The molecule has 0 saturated carbocycles. The summed E-state index contributed by atoms with van der Waals surface area (Å²) in [4.78, 5) is 7.22. The zero-order chi connectivity index (χ0) is 14.7. The van der Waals surface area contributed by atoms with Crippen molar-refractivity contribution in [3.8, 4) is 11.4 Å². The van der Waals surface area contributed by atoms with Crippen molar-refractivity contribution in [2.24, 2.45) is 13.0 Å². The summed E-state index contributed by atoms with van der Waals surface area (Å²) in [5.41, 5.74) is 2.24. The van der Waals surface area contributed by atoms with Crippen LogP contribution in [-0.4, -0.2) is 39.2 Å². The molecule has 2 aliphatic heterocycles. The molecule has 3 aromatic rings. The van der Waals surface area contributed by atoms with Crippen LogP contribution in [0.2, 0.25) is 0 Å². The lowest BCUT2D eigenvalue weighted by Crippen LogP contribution is -2.22. The smallest absolute Gasteiger partial charge is 0.231 e. The van der Waals surface area contributed by atoms with E-state index in [-0.39, 0.29) is 0 Å². The lowest BCUT2D eigenvalue weighted by atomic mass is 9.93. The zero-order valence-electron chi connectivity index (χ0n) is 12.6. The molecule has 5 rings (SSSR count). The molecule has 3 unspecified atom stereocenters. The van der Waals surface area contributed by atoms with E-state index in [0.29, 0.717) is 17.7 Å². The highest BCUT2D eigenvalue weighted by atomic mass is 16.5. The van der Waals surface area contributed by atoms with E-state index in [9.17, 15) is 0 Å². The van der Waals surface area contributed by atoms with Gasteiger partial charge in [-0.1, -0.05) is 23.4 Å². The van der Waals surface area contributed by atoms with E-state index in [1.807, 2.05) is 0 Å². The van der Waals surface area contributed by atoms with Crippen molar-refractivity contribution in [3.05, 3.63) is 36.4 Å². The number of rotatable bonds is 2. The summed E-state index contributed by atoms with van der Waals surface area (Å²) in [5, 5.41) is 5.44. The minimum absolute atomic E-state index is 0.421. The lowest BCUT2D eigenvalue weighted by Gasteiger charge is -2.17. The van der Waals surface area contributed by atoms with Gasteiger partial charge in [-0.25, -0.2) is 0 Å². The lowest BCUT2D eigenvalue weighted by molar-refractivity contribution is 0.289. The van der Waals surface area contributed by atoms with E-state index in [1.165, 1.54) is 30.4 Å². The largest absolute Gasteiger partial charge is 0.350 e. The molecule has 4 heterocycles. The average molecular weight is 294 g/mol. The van der Waals surface area contributed by atoms with E-state index >= 15 is 0 Å². The summed E-state index contributed by atoms with van der Waals surface area (Å²) in [6.07, 6.45) is 3.35. The predicted molar refractivity (Wildman–Crippen MR) is 83.5 cm³/mol. The molecule has 2 aliphatic rings. The molecule has 2 fully saturated rings. The van der Waals surface area contributed by atoms with E-state index in [2.05, 4.69) is 52.1 Å². The Morgan fingerprint density at radius 2 is 2.14 bits per heavy atom. The Morgan fingerprint density at radius 3 is 2.95 bits per heavy atom. The van der Waals surface area contributed by atoms with Gasteiger partial charge in [-0.15, -0.1) is 0 Å². The second-order valence-electron chi connectivity index (χ2n) is 6.54. The van der Waals surface area contributed by atoms with Crippen molar-refractivity contribution < 1.29 is 4.52 Å². The monoisotopic (exact) mass is 294 g/mol. The van der Waals surface area contributed by atoms with Gasteiger partial charge in [-0.3, -0.25) is 0 Å². The van der Waals surface area contributed by atoms with Gasteiger partial charge in [0.2, 0.25) is 11.7 Å². The molecule has 2 aromatic heterocycles. The normalized spacial score (nSPS) is 27.0. The molecule has 112 valence electrons. The standard InChI is InChI=1S/C17H18N4O/c1-20-9-14(12-4-2-3-5-15(12)20)16-18-17(22-19-16)13-10-21-7-6-11(13)8-21/h2-5,9,11,13H,6-8,10H2,1H3. The van der Waals surface area contributed by atoms with Gasteiger partial charge in [0.25, 0.3) is 0 Å². The molecule has 22 heavy (non-hydrogen) atoms. The second kappa shape index (κ2) is 4.43. The van der Waals surface area contributed by atoms with Crippen LogP contribution in [0.3, 0.4) is 0 Å². The quantitative estimate of drug-likeness (QED) is 0.729. The predicted octanol–water partition coefficient (Wildman–Crippen LogP) is 2.65. The summed E-state index contributed by atoms with van der Waals surface area (Å²) in [6, 6.07) is 8.33. The molecule has 0 spiro atoms. The number of hydrogen-bond donors (Lipinski definition) is 0. The first-order chi connectivity index (χ1) is 10.8. The zero-order valence-corrected chi connectivity index (χ0v) is 12.6. The molecule has 0 amide bonds. The first kappa shape index (κ1) is 12.4. The van der Waals surface area contributed by atoms with Crippen molar-refractivity contribution in [1.82, 2.24) is 19.6 Å². The number of para-hydroxylation sites is 1. The number of hydrogen-bond acceptors (Lipinski definition) is 4. The van der Waals surface area contributed by atoms with Gasteiger partial charge in [0, 0.05) is 42.8 Å². The van der Waals surface area contributed by atoms with Crippen LogP contribution in [0.5, 0.6) is 0 Å². The Bertz CT molecular complexity index is 849. The van der Waals surface area contributed by atoms with E-state index in [1.54, 1.807) is 0 Å². The topological polar surface area (TPSA) is 47.1 Å². The van der Waals surface area contributed by atoms with Crippen LogP contribution in [0.25, 0.3) is 22.3 Å². The molecule has 1 aromatic carbocycles. The van der Waals surface area contributed by atoms with Gasteiger partial charge in [-0.05, 0) is 24.9 Å². The van der Waals surface area contributed by atoms with Crippen LogP contribution in [0.4, 0.5) is 0 Å². The highest BCUT2D eigenvalue weighted by Gasteiger charge is 2.41. The minimum Gasteiger partial charge on any atom is -0.350 e. The number of nitrogens with zero attached hydrogens (tertiary/aromatic N) is 4. The first-order valence-corrected chi connectivity index (χ1v) is 7.90. The number of aromatic nitrogens is 3. The molecule has 0 N–H and O–H groups in total. The van der Waals surface area contributed by atoms with Gasteiger partial charge in [0.1, 0.15) is 0 Å². The van der Waals surface area contributed by atoms with Crippen molar-refractivity contribution >= 4 is 10.9 Å². The van der Waals surface area contributed by atoms with Gasteiger partial charge >= 0.3 is 0 Å². The van der Waals surface area contributed by atoms with E-state index in [4.69, 9.17) is 9.51 Å². The Labute approximate surface area is 128 Å². The van der Waals surface area contributed by atoms with Gasteiger partial charge in [0.15, 0.2) is 0 Å². The van der Waals surface area contributed by atoms with Crippen LogP contribution in [0.1, 0.15) is 18.2 Å². The Balaban J connectivity index is 1.56. The van der Waals surface area contributed by atoms with Crippen molar-refractivity contribution in [2.45, 2.75) is 12.3 Å². The van der Waals surface area contributed by atoms with Gasteiger partial charge < -0.3 is 14.0 Å². The molecular formula is C17H18N4O. The van der Waals surface area contributed by atoms with Crippen molar-refractivity contribution in [3.63, 3.8) is 0 Å². The first-order valence-electron chi connectivity index (χ1n) is 7.90. The fourth-order valence-electron chi connectivity index (χ4n) is 4.08. The number of piperidine rings is 1. The maximum atomic E-state index is 5.62. The summed E-state index contributed by atoms with van der Waals surface area (Å²) in [5.74, 6) is 2.64. The molecule has 5 heteroatoms. The molecule has 5 nitrogen and oxygen atoms in total. The average Bonchev–Trinajstić information content (AvgIpc) is 3.30. The van der Waals surface area contributed by atoms with Crippen LogP contribution in [0, 0.1) is 5.92 Å². The third-order valence-corrected chi connectivity index (χ3v) is 5.23. The minimum atomic E-state index is 0.421. The third-order valence-electron chi connectivity index (χ3n) is 5.23. The molecule has 3 atom stereocenters. The molecule has 0 radical (unpaired) electrons. The number of aryl methyl sites for hydroxylation is 1. The van der Waals surface area contributed by atoms with Crippen LogP contribution < -0.4 is 0 Å². The second-order valence-corrected chi connectivity index (χ2v) is 6.54. The summed E-state index contributed by atoms with van der Waals surface area (Å²) >= 11 is 0. The number of fused-ring (bicyclic) bond motifs is 3. The summed E-state index contributed by atoms with van der Waals surface area (Å²) < 4.78 is 7.73. The van der Waals surface area contributed by atoms with Gasteiger partial charge in [0.05, 0.1) is 5.92 Å². The van der Waals surface area contributed by atoms with Gasteiger partial charge in [-0.2, -0.15) is 4.98 Å². The summed E-state index contributed by atoms with van der Waals surface area (Å²) in [7, 11) is 2.05. The van der Waals surface area contributed by atoms with Crippen molar-refractivity contribution in [2.75, 3.05) is 19.6 Å². The van der Waals surface area contributed by atoms with Crippen LogP contribution >= 0.6 is 0 Å². The van der Waals surface area contributed by atoms with Crippen molar-refractivity contribution in [1.29, 1.82) is 0 Å². The molecule has 2 saturated heterocycles. The maximum Gasteiger partial charge on any atom is 0.231 e. The SMILES string of the molecule is Cn1cc(-c2noc(C3CN4CCC3C4)n2)c2ccccc21. The Kier molecular flexibility index (Phi) is 2.50. The maximum absolute atomic E-state index is 5.62. The number of benzene rings is 1. The fourth-order valence-corrected chi connectivity index (χ4v) is 4.08.